The number of hydrogen-bond acceptors (Lipinski definition) is 5. The van der Waals surface area contributed by atoms with Crippen LogP contribution >= 0.6 is 0 Å². The standard InChI is InChI=1S/C16H22O5/c1-16(2,3)21-14(18)9-13(17)20-15(19)12-8-10-4-6-11(12)7-5-10/h4,6,10-12H,5,7-9H2,1-3H3. The first-order chi connectivity index (χ1) is 9.74. The van der Waals surface area contributed by atoms with Crippen LogP contribution in [-0.2, 0) is 23.9 Å². The van der Waals surface area contributed by atoms with E-state index in [1.807, 2.05) is 6.08 Å². The molecule has 3 unspecified atom stereocenters. The van der Waals surface area contributed by atoms with E-state index < -0.39 is 29.9 Å². The molecule has 1 saturated carbocycles. The number of carbonyl (C=O) groups is 3. The van der Waals surface area contributed by atoms with E-state index in [0.717, 1.165) is 19.3 Å². The Bertz CT molecular complexity index is 472. The smallest absolute Gasteiger partial charge is 0.324 e. The van der Waals surface area contributed by atoms with Gasteiger partial charge in [-0.3, -0.25) is 14.4 Å². The fourth-order valence-electron chi connectivity index (χ4n) is 2.92. The fourth-order valence-corrected chi connectivity index (χ4v) is 2.92. The van der Waals surface area contributed by atoms with Crippen molar-refractivity contribution < 1.29 is 23.9 Å². The van der Waals surface area contributed by atoms with E-state index in [1.54, 1.807) is 20.8 Å². The molecule has 0 N–H and O–H groups in total. The third-order valence-corrected chi connectivity index (χ3v) is 3.80. The van der Waals surface area contributed by atoms with Gasteiger partial charge in [0, 0.05) is 0 Å². The minimum Gasteiger partial charge on any atom is -0.460 e. The number of fused-ring (bicyclic) bond motifs is 2. The molecule has 2 bridgehead atoms. The lowest BCUT2D eigenvalue weighted by atomic mass is 9.69. The molecule has 5 nitrogen and oxygen atoms in total. The summed E-state index contributed by atoms with van der Waals surface area (Å²) in [5, 5.41) is 0. The Hall–Kier alpha value is -1.65. The van der Waals surface area contributed by atoms with Crippen LogP contribution in [-0.4, -0.2) is 23.5 Å². The van der Waals surface area contributed by atoms with E-state index in [9.17, 15) is 14.4 Å². The summed E-state index contributed by atoms with van der Waals surface area (Å²) in [5.41, 5.74) is -0.658. The van der Waals surface area contributed by atoms with Gasteiger partial charge in [-0.05, 0) is 51.9 Å². The normalized spacial score (nSPS) is 27.3. The minimum atomic E-state index is -0.834. The van der Waals surface area contributed by atoms with Crippen molar-refractivity contribution in [3.8, 4) is 0 Å². The molecule has 5 heteroatoms. The molecule has 21 heavy (non-hydrogen) atoms. The second-order valence-electron chi connectivity index (χ2n) is 6.78. The van der Waals surface area contributed by atoms with Gasteiger partial charge in [0.15, 0.2) is 0 Å². The Labute approximate surface area is 124 Å². The molecule has 0 aromatic carbocycles. The number of hydrogen-bond donors (Lipinski definition) is 0. The van der Waals surface area contributed by atoms with E-state index in [1.165, 1.54) is 0 Å². The molecule has 116 valence electrons. The van der Waals surface area contributed by atoms with Crippen molar-refractivity contribution in [3.63, 3.8) is 0 Å². The van der Waals surface area contributed by atoms with Crippen LogP contribution in [0.4, 0.5) is 0 Å². The first-order valence-electron chi connectivity index (χ1n) is 7.39. The highest BCUT2D eigenvalue weighted by molar-refractivity contribution is 5.96. The van der Waals surface area contributed by atoms with Crippen LogP contribution in [0, 0.1) is 17.8 Å². The average molecular weight is 294 g/mol. The summed E-state index contributed by atoms with van der Waals surface area (Å²) in [6.07, 6.45) is 6.44. The maximum absolute atomic E-state index is 12.0. The number of ether oxygens (including phenoxy) is 2. The quantitative estimate of drug-likeness (QED) is 0.454. The third kappa shape index (κ3) is 4.41. The molecular formula is C16H22O5. The van der Waals surface area contributed by atoms with Crippen molar-refractivity contribution >= 4 is 17.9 Å². The summed E-state index contributed by atoms with van der Waals surface area (Å²) >= 11 is 0. The van der Waals surface area contributed by atoms with Gasteiger partial charge in [-0.2, -0.15) is 0 Å². The Kier molecular flexibility index (Phi) is 4.49. The Balaban J connectivity index is 1.82. The maximum atomic E-state index is 12.0. The third-order valence-electron chi connectivity index (χ3n) is 3.80. The number of rotatable bonds is 3. The highest BCUT2D eigenvalue weighted by Crippen LogP contribution is 2.40. The zero-order chi connectivity index (χ0) is 15.6. The van der Waals surface area contributed by atoms with Crippen molar-refractivity contribution in [1.29, 1.82) is 0 Å². The highest BCUT2D eigenvalue weighted by atomic mass is 16.6. The number of carbonyl (C=O) groups excluding carboxylic acids is 3. The molecule has 0 radical (unpaired) electrons. The van der Waals surface area contributed by atoms with Gasteiger partial charge in [0.05, 0.1) is 5.92 Å². The molecule has 0 spiro atoms. The summed E-state index contributed by atoms with van der Waals surface area (Å²) in [6, 6.07) is 0. The molecule has 0 aromatic rings. The Morgan fingerprint density at radius 2 is 1.81 bits per heavy atom. The van der Waals surface area contributed by atoms with Crippen molar-refractivity contribution in [2.75, 3.05) is 0 Å². The second-order valence-corrected chi connectivity index (χ2v) is 6.78. The van der Waals surface area contributed by atoms with Crippen LogP contribution in [0.3, 0.4) is 0 Å². The lowest BCUT2D eigenvalue weighted by molar-refractivity contribution is -0.169. The summed E-state index contributed by atoms with van der Waals surface area (Å²) in [6.45, 7) is 5.14. The first-order valence-corrected chi connectivity index (χ1v) is 7.39. The SMILES string of the molecule is CC(C)(C)OC(=O)CC(=O)OC(=O)C1CC2C=CC1CC2. The summed E-state index contributed by atoms with van der Waals surface area (Å²) < 4.78 is 9.84. The predicted molar refractivity (Wildman–Crippen MR) is 75.0 cm³/mol. The van der Waals surface area contributed by atoms with Gasteiger partial charge < -0.3 is 9.47 Å². The molecular weight excluding hydrogens is 272 g/mol. The molecule has 0 heterocycles. The van der Waals surface area contributed by atoms with E-state index in [0.29, 0.717) is 5.92 Å². The average Bonchev–Trinajstić information content (AvgIpc) is 2.37. The van der Waals surface area contributed by atoms with Crippen molar-refractivity contribution in [2.45, 2.75) is 52.1 Å². The van der Waals surface area contributed by atoms with Gasteiger partial charge in [0.25, 0.3) is 0 Å². The van der Waals surface area contributed by atoms with Gasteiger partial charge in [-0.25, -0.2) is 0 Å². The van der Waals surface area contributed by atoms with Crippen LogP contribution in [0.25, 0.3) is 0 Å². The lowest BCUT2D eigenvalue weighted by Gasteiger charge is -2.36. The van der Waals surface area contributed by atoms with E-state index in [4.69, 9.17) is 9.47 Å². The van der Waals surface area contributed by atoms with E-state index >= 15 is 0 Å². The van der Waals surface area contributed by atoms with Crippen LogP contribution in [0.5, 0.6) is 0 Å². The van der Waals surface area contributed by atoms with Crippen molar-refractivity contribution in [3.05, 3.63) is 12.2 Å². The van der Waals surface area contributed by atoms with Crippen molar-refractivity contribution in [2.24, 2.45) is 17.8 Å². The van der Waals surface area contributed by atoms with Gasteiger partial charge in [-0.1, -0.05) is 12.2 Å². The lowest BCUT2D eigenvalue weighted by Crippen LogP contribution is -2.35. The molecule has 3 rings (SSSR count). The Morgan fingerprint density at radius 3 is 2.29 bits per heavy atom. The van der Waals surface area contributed by atoms with E-state index in [-0.39, 0.29) is 11.8 Å². The zero-order valence-electron chi connectivity index (χ0n) is 12.8. The van der Waals surface area contributed by atoms with Crippen LogP contribution in [0.15, 0.2) is 12.2 Å². The van der Waals surface area contributed by atoms with Crippen LogP contribution in [0.1, 0.15) is 46.5 Å². The molecule has 0 amide bonds. The number of esters is 3. The van der Waals surface area contributed by atoms with Crippen LogP contribution in [0.2, 0.25) is 0 Å². The number of allylic oxidation sites excluding steroid dienone is 2. The summed E-state index contributed by atoms with van der Waals surface area (Å²) in [7, 11) is 0. The fraction of sp³-hybridized carbons (Fsp3) is 0.688. The molecule has 3 aliphatic carbocycles. The topological polar surface area (TPSA) is 69.7 Å². The second kappa shape index (κ2) is 6.00. The monoisotopic (exact) mass is 294 g/mol. The minimum absolute atomic E-state index is 0.164. The summed E-state index contributed by atoms with van der Waals surface area (Å²) in [4.78, 5) is 35.2. The van der Waals surface area contributed by atoms with E-state index in [2.05, 4.69) is 6.08 Å². The molecule has 0 saturated heterocycles. The van der Waals surface area contributed by atoms with Crippen molar-refractivity contribution in [1.82, 2.24) is 0 Å². The zero-order valence-corrected chi connectivity index (χ0v) is 12.8. The van der Waals surface area contributed by atoms with Gasteiger partial charge in [-0.15, -0.1) is 0 Å². The predicted octanol–water partition coefficient (Wildman–Crippen LogP) is 2.39. The first kappa shape index (κ1) is 15.7. The largest absolute Gasteiger partial charge is 0.460 e. The van der Waals surface area contributed by atoms with Gasteiger partial charge in [0.1, 0.15) is 12.0 Å². The molecule has 3 atom stereocenters. The summed E-state index contributed by atoms with van der Waals surface area (Å²) in [5.74, 6) is -1.70. The molecule has 0 aliphatic heterocycles. The molecule has 1 fully saturated rings. The van der Waals surface area contributed by atoms with Crippen LogP contribution < -0.4 is 0 Å². The van der Waals surface area contributed by atoms with Gasteiger partial charge >= 0.3 is 17.9 Å². The molecule has 3 aliphatic rings. The Morgan fingerprint density at radius 1 is 1.10 bits per heavy atom. The maximum Gasteiger partial charge on any atom is 0.324 e. The van der Waals surface area contributed by atoms with Gasteiger partial charge in [0.2, 0.25) is 0 Å². The highest BCUT2D eigenvalue weighted by Gasteiger charge is 2.38. The molecule has 0 aromatic heterocycles.